The molecule has 0 spiro atoms. The number of carbonyl (C=O) groups excluding carboxylic acids is 2. The van der Waals surface area contributed by atoms with Gasteiger partial charge in [-0.15, -0.1) is 0 Å². The third-order valence-corrected chi connectivity index (χ3v) is 3.56. The number of halogens is 5. The van der Waals surface area contributed by atoms with Crippen LogP contribution in [-0.4, -0.2) is 43.0 Å². The quantitative estimate of drug-likeness (QED) is 0.796. The molecular formula is C12H11Br2F3N2O2. The van der Waals surface area contributed by atoms with Crippen molar-refractivity contribution >= 4 is 43.7 Å². The monoisotopic (exact) mass is 430 g/mol. The highest BCUT2D eigenvalue weighted by Gasteiger charge is 2.28. The average Bonchev–Trinajstić information content (AvgIpc) is 2.37. The third kappa shape index (κ3) is 6.04. The van der Waals surface area contributed by atoms with E-state index in [0.29, 0.717) is 14.5 Å². The summed E-state index contributed by atoms with van der Waals surface area (Å²) in [6.45, 7) is -1.89. The second kappa shape index (κ2) is 7.26. The first kappa shape index (κ1) is 18.0. The second-order valence-electron chi connectivity index (χ2n) is 4.18. The zero-order valence-electron chi connectivity index (χ0n) is 10.8. The molecule has 1 aromatic rings. The highest BCUT2D eigenvalue weighted by Crippen LogP contribution is 2.22. The van der Waals surface area contributed by atoms with Gasteiger partial charge < -0.3 is 10.2 Å². The normalized spacial score (nSPS) is 11.1. The van der Waals surface area contributed by atoms with Gasteiger partial charge >= 0.3 is 6.18 Å². The molecule has 1 N–H and O–H groups in total. The fourth-order valence-corrected chi connectivity index (χ4v) is 2.19. The Morgan fingerprint density at radius 2 is 1.90 bits per heavy atom. The number of nitrogens with one attached hydrogen (secondary N) is 1. The van der Waals surface area contributed by atoms with E-state index >= 15 is 0 Å². The van der Waals surface area contributed by atoms with Crippen LogP contribution in [0.2, 0.25) is 0 Å². The van der Waals surface area contributed by atoms with Gasteiger partial charge in [0.1, 0.15) is 6.54 Å². The van der Waals surface area contributed by atoms with Crippen LogP contribution in [0.3, 0.4) is 0 Å². The van der Waals surface area contributed by atoms with Gasteiger partial charge in [-0.25, -0.2) is 0 Å². The van der Waals surface area contributed by atoms with Gasteiger partial charge in [-0.2, -0.15) is 13.2 Å². The highest BCUT2D eigenvalue weighted by atomic mass is 79.9. The number of carbonyl (C=O) groups is 2. The van der Waals surface area contributed by atoms with Crippen molar-refractivity contribution in [2.75, 3.05) is 20.1 Å². The summed E-state index contributed by atoms with van der Waals surface area (Å²) in [6, 6.07) is 4.92. The highest BCUT2D eigenvalue weighted by molar-refractivity contribution is 9.11. The number of benzene rings is 1. The van der Waals surface area contributed by atoms with Gasteiger partial charge in [-0.3, -0.25) is 9.59 Å². The summed E-state index contributed by atoms with van der Waals surface area (Å²) < 4.78 is 37.1. The first-order chi connectivity index (χ1) is 9.60. The summed E-state index contributed by atoms with van der Waals surface area (Å²) in [5, 5.41) is 1.71. The molecule has 1 rings (SSSR count). The third-order valence-electron chi connectivity index (χ3n) is 2.37. The van der Waals surface area contributed by atoms with Gasteiger partial charge in [0.25, 0.3) is 5.91 Å². The summed E-state index contributed by atoms with van der Waals surface area (Å²) >= 11 is 6.42. The zero-order valence-corrected chi connectivity index (χ0v) is 14.0. The van der Waals surface area contributed by atoms with Crippen molar-refractivity contribution in [2.45, 2.75) is 6.18 Å². The topological polar surface area (TPSA) is 49.4 Å². The molecule has 0 fully saturated rings. The minimum atomic E-state index is -4.48. The van der Waals surface area contributed by atoms with Crippen molar-refractivity contribution in [1.82, 2.24) is 10.2 Å². The maximum Gasteiger partial charge on any atom is 0.405 e. The molecule has 0 radical (unpaired) electrons. The summed E-state index contributed by atoms with van der Waals surface area (Å²) in [7, 11) is 1.34. The minimum Gasteiger partial charge on any atom is -0.345 e. The fraction of sp³-hybridized carbons (Fsp3) is 0.333. The molecule has 4 nitrogen and oxygen atoms in total. The number of hydrogen-bond acceptors (Lipinski definition) is 2. The fourth-order valence-electron chi connectivity index (χ4n) is 1.41. The van der Waals surface area contributed by atoms with Crippen LogP contribution in [0.15, 0.2) is 27.1 Å². The average molecular weight is 432 g/mol. The molecule has 0 aliphatic heterocycles. The Hall–Kier alpha value is -1.09. The van der Waals surface area contributed by atoms with Gasteiger partial charge in [-0.1, -0.05) is 15.9 Å². The van der Waals surface area contributed by atoms with Crippen LogP contribution in [0.4, 0.5) is 13.2 Å². The van der Waals surface area contributed by atoms with Crippen LogP contribution in [0.25, 0.3) is 0 Å². The maximum atomic E-state index is 12.1. The number of nitrogens with zero attached hydrogens (tertiary/aromatic N) is 1. The number of likely N-dealkylation sites (N-methyl/N-ethyl adjacent to an activating group) is 1. The Morgan fingerprint density at radius 1 is 1.29 bits per heavy atom. The molecule has 0 heterocycles. The smallest absolute Gasteiger partial charge is 0.345 e. The van der Waals surface area contributed by atoms with E-state index in [-0.39, 0.29) is 0 Å². The van der Waals surface area contributed by atoms with Crippen molar-refractivity contribution in [3.8, 4) is 0 Å². The lowest BCUT2D eigenvalue weighted by Gasteiger charge is -2.18. The van der Waals surface area contributed by atoms with E-state index in [1.165, 1.54) is 7.05 Å². The van der Waals surface area contributed by atoms with Gasteiger partial charge in [0.2, 0.25) is 5.91 Å². The van der Waals surface area contributed by atoms with Crippen LogP contribution in [0.1, 0.15) is 10.4 Å². The molecule has 1 aromatic carbocycles. The Labute approximate surface area is 135 Å². The molecule has 9 heteroatoms. The van der Waals surface area contributed by atoms with Crippen molar-refractivity contribution in [3.63, 3.8) is 0 Å². The lowest BCUT2D eigenvalue weighted by atomic mass is 10.2. The molecule has 2 amide bonds. The standard InChI is InChI=1S/C12H11Br2F3N2O2/c1-19(5-10(20)18-6-12(15,16)17)11(21)8-4-7(13)2-3-9(8)14/h2-4H,5-6H2,1H3,(H,18,20). The Morgan fingerprint density at radius 3 is 2.48 bits per heavy atom. The van der Waals surface area contributed by atoms with Gasteiger partial charge in [0.15, 0.2) is 0 Å². The van der Waals surface area contributed by atoms with Gasteiger partial charge in [0.05, 0.1) is 12.1 Å². The lowest BCUT2D eigenvalue weighted by Crippen LogP contribution is -2.41. The van der Waals surface area contributed by atoms with E-state index in [1.807, 2.05) is 0 Å². The summed E-state index contributed by atoms with van der Waals surface area (Å²) in [5.41, 5.74) is 0.301. The predicted molar refractivity (Wildman–Crippen MR) is 77.9 cm³/mol. The SMILES string of the molecule is CN(CC(=O)NCC(F)(F)F)C(=O)c1cc(Br)ccc1Br. The Bertz CT molecular complexity index is 550. The summed E-state index contributed by atoms with van der Waals surface area (Å²) in [4.78, 5) is 24.5. The van der Waals surface area contributed by atoms with Gasteiger partial charge in [0, 0.05) is 16.0 Å². The molecule has 0 saturated heterocycles. The predicted octanol–water partition coefficient (Wildman–Crippen LogP) is 2.96. The zero-order chi connectivity index (χ0) is 16.2. The number of hydrogen-bond donors (Lipinski definition) is 1. The molecule has 0 unspecified atom stereocenters. The van der Waals surface area contributed by atoms with E-state index in [9.17, 15) is 22.8 Å². The van der Waals surface area contributed by atoms with E-state index in [2.05, 4.69) is 31.9 Å². The summed E-state index contributed by atoms with van der Waals surface area (Å²) in [6.07, 6.45) is -4.48. The van der Waals surface area contributed by atoms with Crippen molar-refractivity contribution in [3.05, 3.63) is 32.7 Å². The molecule has 0 aliphatic carbocycles. The van der Waals surface area contributed by atoms with Crippen LogP contribution < -0.4 is 5.32 Å². The van der Waals surface area contributed by atoms with E-state index in [4.69, 9.17) is 0 Å². The van der Waals surface area contributed by atoms with Crippen LogP contribution in [0.5, 0.6) is 0 Å². The van der Waals surface area contributed by atoms with Crippen LogP contribution in [-0.2, 0) is 4.79 Å². The van der Waals surface area contributed by atoms with E-state index in [0.717, 1.165) is 4.90 Å². The first-order valence-electron chi connectivity index (χ1n) is 5.64. The van der Waals surface area contributed by atoms with Crippen molar-refractivity contribution in [2.24, 2.45) is 0 Å². The molecule has 116 valence electrons. The van der Waals surface area contributed by atoms with Crippen molar-refractivity contribution < 1.29 is 22.8 Å². The lowest BCUT2D eigenvalue weighted by molar-refractivity contribution is -0.138. The largest absolute Gasteiger partial charge is 0.405 e. The summed E-state index contributed by atoms with van der Waals surface area (Å²) in [5.74, 6) is -1.36. The number of amides is 2. The van der Waals surface area contributed by atoms with E-state index in [1.54, 1.807) is 23.5 Å². The van der Waals surface area contributed by atoms with E-state index < -0.39 is 31.1 Å². The molecule has 0 atom stereocenters. The molecule has 0 bridgehead atoms. The molecule has 0 saturated carbocycles. The van der Waals surface area contributed by atoms with Crippen molar-refractivity contribution in [1.29, 1.82) is 0 Å². The molecular weight excluding hydrogens is 421 g/mol. The maximum absolute atomic E-state index is 12.1. The molecule has 21 heavy (non-hydrogen) atoms. The second-order valence-corrected chi connectivity index (χ2v) is 5.95. The van der Waals surface area contributed by atoms with Crippen LogP contribution >= 0.6 is 31.9 Å². The first-order valence-corrected chi connectivity index (χ1v) is 7.22. The Balaban J connectivity index is 2.66. The van der Waals surface area contributed by atoms with Gasteiger partial charge in [-0.05, 0) is 34.1 Å². The number of alkyl halides is 3. The molecule has 0 aromatic heterocycles. The van der Waals surface area contributed by atoms with Crippen LogP contribution in [0, 0.1) is 0 Å². The minimum absolute atomic E-state index is 0.301. The number of rotatable bonds is 4. The Kier molecular flexibility index (Phi) is 6.21. The molecule has 0 aliphatic rings.